The number of carbonyl (C=O) groups excluding carboxylic acids is 2. The molecule has 5 nitrogen and oxygen atoms in total. The lowest BCUT2D eigenvalue weighted by Crippen LogP contribution is -2.07. The van der Waals surface area contributed by atoms with Crippen LogP contribution in [-0.4, -0.2) is 22.9 Å². The minimum absolute atomic E-state index is 0.0578. The van der Waals surface area contributed by atoms with Gasteiger partial charge in [-0.3, -0.25) is 9.59 Å². The number of aromatic nitrogens is 1. The molecule has 0 radical (unpaired) electrons. The Morgan fingerprint density at radius 1 is 0.950 bits per heavy atom. The summed E-state index contributed by atoms with van der Waals surface area (Å²) in [6.45, 7) is 9.03. The molecule has 1 aromatic heterocycles. The molecule has 4 aromatic rings. The van der Waals surface area contributed by atoms with Crippen LogP contribution in [0.1, 0.15) is 73.7 Å². The predicted molar refractivity (Wildman–Crippen MR) is 159 cm³/mol. The number of hydrogen-bond acceptors (Lipinski definition) is 4. The standard InChI is InChI=1S/C35H37NO4/c1-5-10-33(27-16-14-26(15-17-27)23-25(3)4)40-29-20-18-28(19-21-29)35(38)31-24-36(22-9-13-34(37)39-6-2)32-12-8-7-11-30(31)32/h7-8,11-12,14-21,24-25,33H,6,9,13,22-23H2,1-4H3. The van der Waals surface area contributed by atoms with Crippen molar-refractivity contribution in [3.05, 3.63) is 101 Å². The Bertz CT molecular complexity index is 1500. The van der Waals surface area contributed by atoms with Crippen LogP contribution in [0.3, 0.4) is 0 Å². The van der Waals surface area contributed by atoms with Crippen LogP contribution in [0.25, 0.3) is 10.9 Å². The van der Waals surface area contributed by atoms with E-state index in [0.717, 1.165) is 22.9 Å². The van der Waals surface area contributed by atoms with Crippen molar-refractivity contribution in [3.63, 3.8) is 0 Å². The molecule has 0 saturated heterocycles. The maximum Gasteiger partial charge on any atom is 0.305 e. The highest BCUT2D eigenvalue weighted by molar-refractivity contribution is 6.16. The van der Waals surface area contributed by atoms with E-state index in [1.807, 2.05) is 47.2 Å². The normalized spacial score (nSPS) is 11.6. The van der Waals surface area contributed by atoms with E-state index in [0.29, 0.717) is 48.8 Å². The summed E-state index contributed by atoms with van der Waals surface area (Å²) in [4.78, 5) is 25.3. The molecule has 0 N–H and O–H groups in total. The fourth-order valence-electron chi connectivity index (χ4n) is 4.83. The number of ketones is 1. The van der Waals surface area contributed by atoms with Gasteiger partial charge in [0.15, 0.2) is 11.9 Å². The molecule has 0 aliphatic carbocycles. The second-order valence-electron chi connectivity index (χ2n) is 10.2. The maximum atomic E-state index is 13.6. The maximum absolute atomic E-state index is 13.6. The smallest absolute Gasteiger partial charge is 0.305 e. The molecule has 0 spiro atoms. The molecule has 206 valence electrons. The number of hydrogen-bond donors (Lipinski definition) is 0. The van der Waals surface area contributed by atoms with Gasteiger partial charge < -0.3 is 14.0 Å². The first kappa shape index (κ1) is 28.7. The Morgan fingerprint density at radius 2 is 1.68 bits per heavy atom. The highest BCUT2D eigenvalue weighted by Crippen LogP contribution is 2.27. The summed E-state index contributed by atoms with van der Waals surface area (Å²) >= 11 is 0. The Hall–Kier alpha value is -4.30. The van der Waals surface area contributed by atoms with E-state index in [2.05, 4.69) is 50.0 Å². The van der Waals surface area contributed by atoms with Gasteiger partial charge in [0, 0.05) is 46.8 Å². The molecule has 5 heteroatoms. The lowest BCUT2D eigenvalue weighted by Gasteiger charge is -2.15. The second kappa shape index (κ2) is 13.7. The van der Waals surface area contributed by atoms with Crippen molar-refractivity contribution in [1.29, 1.82) is 0 Å². The van der Waals surface area contributed by atoms with E-state index in [1.165, 1.54) is 5.56 Å². The molecular weight excluding hydrogens is 498 g/mol. The van der Waals surface area contributed by atoms with Crippen molar-refractivity contribution in [2.45, 2.75) is 59.6 Å². The van der Waals surface area contributed by atoms with E-state index in [4.69, 9.17) is 9.47 Å². The van der Waals surface area contributed by atoms with Crippen molar-refractivity contribution in [2.24, 2.45) is 5.92 Å². The van der Waals surface area contributed by atoms with Crippen LogP contribution in [0.15, 0.2) is 79.0 Å². The fourth-order valence-corrected chi connectivity index (χ4v) is 4.83. The monoisotopic (exact) mass is 535 g/mol. The minimum atomic E-state index is -0.396. The number of ether oxygens (including phenoxy) is 2. The van der Waals surface area contributed by atoms with Gasteiger partial charge in [0.1, 0.15) is 5.75 Å². The van der Waals surface area contributed by atoms with Crippen molar-refractivity contribution < 1.29 is 19.1 Å². The summed E-state index contributed by atoms with van der Waals surface area (Å²) in [5, 5.41) is 0.892. The highest BCUT2D eigenvalue weighted by atomic mass is 16.5. The van der Waals surface area contributed by atoms with Crippen molar-refractivity contribution in [3.8, 4) is 17.6 Å². The number of esters is 1. The van der Waals surface area contributed by atoms with Crippen LogP contribution in [0.2, 0.25) is 0 Å². The first-order valence-corrected chi connectivity index (χ1v) is 14.0. The van der Waals surface area contributed by atoms with Crippen LogP contribution in [-0.2, 0) is 22.5 Å². The predicted octanol–water partition coefficient (Wildman–Crippen LogP) is 7.56. The number of para-hydroxylation sites is 1. The number of carbonyl (C=O) groups is 2. The molecule has 1 atom stereocenters. The van der Waals surface area contributed by atoms with Gasteiger partial charge in [-0.2, -0.15) is 0 Å². The average Bonchev–Trinajstić information content (AvgIpc) is 3.32. The molecule has 0 amide bonds. The van der Waals surface area contributed by atoms with Crippen LogP contribution < -0.4 is 4.74 Å². The quantitative estimate of drug-likeness (QED) is 0.107. The lowest BCUT2D eigenvalue weighted by atomic mass is 10.00. The minimum Gasteiger partial charge on any atom is -0.473 e. The largest absolute Gasteiger partial charge is 0.473 e. The first-order chi connectivity index (χ1) is 19.4. The van der Waals surface area contributed by atoms with Crippen LogP contribution in [0.5, 0.6) is 5.75 Å². The number of nitrogens with zero attached hydrogens (tertiary/aromatic N) is 1. The SMILES string of the molecule is CC#CC(Oc1ccc(C(=O)c2cn(CCCC(=O)OCC)c3ccccc23)cc1)c1ccc(CC(C)C)cc1. The molecule has 0 aliphatic rings. The van der Waals surface area contributed by atoms with Gasteiger partial charge in [-0.1, -0.05) is 62.2 Å². The van der Waals surface area contributed by atoms with Gasteiger partial charge in [0.05, 0.1) is 6.61 Å². The molecule has 4 rings (SSSR count). The zero-order valence-electron chi connectivity index (χ0n) is 23.8. The summed E-state index contributed by atoms with van der Waals surface area (Å²) < 4.78 is 13.3. The Labute approximate surface area is 237 Å². The molecule has 0 fully saturated rings. The van der Waals surface area contributed by atoms with Crippen molar-refractivity contribution in [2.75, 3.05) is 6.61 Å². The van der Waals surface area contributed by atoms with Gasteiger partial charge in [-0.15, -0.1) is 5.92 Å². The number of benzene rings is 3. The third kappa shape index (κ3) is 7.21. The Kier molecular flexibility index (Phi) is 9.81. The van der Waals surface area contributed by atoms with E-state index in [-0.39, 0.29) is 11.8 Å². The first-order valence-electron chi connectivity index (χ1n) is 14.0. The molecule has 1 unspecified atom stereocenters. The van der Waals surface area contributed by atoms with Gasteiger partial charge in [-0.25, -0.2) is 0 Å². The van der Waals surface area contributed by atoms with Gasteiger partial charge in [0.25, 0.3) is 0 Å². The van der Waals surface area contributed by atoms with Crippen molar-refractivity contribution in [1.82, 2.24) is 4.57 Å². The topological polar surface area (TPSA) is 57.5 Å². The summed E-state index contributed by atoms with van der Waals surface area (Å²) in [6.07, 6.45) is 3.51. The van der Waals surface area contributed by atoms with Gasteiger partial charge in [0.2, 0.25) is 0 Å². The van der Waals surface area contributed by atoms with Crippen LogP contribution >= 0.6 is 0 Å². The van der Waals surface area contributed by atoms with Crippen LogP contribution in [0.4, 0.5) is 0 Å². The average molecular weight is 536 g/mol. The zero-order valence-corrected chi connectivity index (χ0v) is 23.8. The molecule has 40 heavy (non-hydrogen) atoms. The molecule has 1 heterocycles. The summed E-state index contributed by atoms with van der Waals surface area (Å²) in [5.41, 5.74) is 4.48. The number of aryl methyl sites for hydroxylation is 1. The lowest BCUT2D eigenvalue weighted by molar-refractivity contribution is -0.143. The summed E-state index contributed by atoms with van der Waals surface area (Å²) in [5.74, 6) is 7.12. The Morgan fingerprint density at radius 3 is 2.35 bits per heavy atom. The van der Waals surface area contributed by atoms with E-state index in [9.17, 15) is 9.59 Å². The van der Waals surface area contributed by atoms with E-state index < -0.39 is 6.10 Å². The highest BCUT2D eigenvalue weighted by Gasteiger charge is 2.18. The molecule has 3 aromatic carbocycles. The zero-order chi connectivity index (χ0) is 28.5. The van der Waals surface area contributed by atoms with Gasteiger partial charge in [-0.05, 0) is 68.5 Å². The number of rotatable bonds is 12. The Balaban J connectivity index is 1.49. The summed E-state index contributed by atoms with van der Waals surface area (Å²) in [6, 6.07) is 23.5. The van der Waals surface area contributed by atoms with Crippen LogP contribution in [0, 0.1) is 17.8 Å². The number of fused-ring (bicyclic) bond motifs is 1. The molecule has 0 saturated carbocycles. The third-order valence-corrected chi connectivity index (χ3v) is 6.69. The van der Waals surface area contributed by atoms with E-state index >= 15 is 0 Å². The second-order valence-corrected chi connectivity index (χ2v) is 10.2. The third-order valence-electron chi connectivity index (χ3n) is 6.69. The molecular formula is C35H37NO4. The molecule has 0 aliphatic heterocycles. The van der Waals surface area contributed by atoms with Crippen molar-refractivity contribution >= 4 is 22.7 Å². The summed E-state index contributed by atoms with van der Waals surface area (Å²) in [7, 11) is 0. The fraction of sp³-hybridized carbons (Fsp3) is 0.314. The van der Waals surface area contributed by atoms with Gasteiger partial charge >= 0.3 is 5.97 Å². The van der Waals surface area contributed by atoms with E-state index in [1.54, 1.807) is 26.0 Å². The molecule has 0 bridgehead atoms.